The minimum absolute atomic E-state index is 0.0745. The number of hydrogen-bond donors (Lipinski definition) is 1. The van der Waals surface area contributed by atoms with Gasteiger partial charge in [0, 0.05) is 6.54 Å². The molecule has 0 aromatic heterocycles. The number of carbonyl (C=O) groups excluding carboxylic acids is 1. The van der Waals surface area contributed by atoms with Gasteiger partial charge in [0.1, 0.15) is 5.54 Å². The lowest BCUT2D eigenvalue weighted by Gasteiger charge is -2.35. The van der Waals surface area contributed by atoms with Gasteiger partial charge >= 0.3 is 5.97 Å². The first-order chi connectivity index (χ1) is 10.2. The largest absolute Gasteiger partial charge is 0.468 e. The van der Waals surface area contributed by atoms with Gasteiger partial charge in [-0.3, -0.25) is 4.79 Å². The first kappa shape index (κ1) is 16.8. The Morgan fingerprint density at radius 3 is 2.62 bits per heavy atom. The van der Waals surface area contributed by atoms with E-state index in [0.29, 0.717) is 5.92 Å². The van der Waals surface area contributed by atoms with Crippen molar-refractivity contribution in [2.24, 2.45) is 11.8 Å². The molecule has 2 saturated carbocycles. The first-order valence-electron chi connectivity index (χ1n) is 8.66. The quantitative estimate of drug-likeness (QED) is 0.699. The first-order valence-corrected chi connectivity index (χ1v) is 8.66. The highest BCUT2D eigenvalue weighted by molar-refractivity contribution is 5.81. The molecule has 0 aromatic rings. The summed E-state index contributed by atoms with van der Waals surface area (Å²) in [6, 6.07) is 0. The van der Waals surface area contributed by atoms with Gasteiger partial charge < -0.3 is 15.0 Å². The van der Waals surface area contributed by atoms with Crippen LogP contribution in [0.25, 0.3) is 0 Å². The lowest BCUT2D eigenvalue weighted by Crippen LogP contribution is -2.54. The number of likely N-dealkylation sites (N-methyl/N-ethyl adjacent to an activating group) is 1. The number of rotatable bonds is 8. The van der Waals surface area contributed by atoms with E-state index in [1.165, 1.54) is 32.9 Å². The fourth-order valence-electron chi connectivity index (χ4n) is 4.11. The molecule has 2 rings (SSSR count). The summed E-state index contributed by atoms with van der Waals surface area (Å²) in [5.74, 6) is 1.25. The van der Waals surface area contributed by atoms with Gasteiger partial charge in [0.05, 0.1) is 7.11 Å². The predicted octanol–water partition coefficient (Wildman–Crippen LogP) is 2.43. The van der Waals surface area contributed by atoms with Gasteiger partial charge in [-0.1, -0.05) is 19.8 Å². The minimum Gasteiger partial charge on any atom is -0.468 e. The highest BCUT2D eigenvalue weighted by Crippen LogP contribution is 2.39. The zero-order valence-corrected chi connectivity index (χ0v) is 14.0. The molecule has 0 bridgehead atoms. The Hall–Kier alpha value is -0.610. The lowest BCUT2D eigenvalue weighted by atomic mass is 9.83. The maximum Gasteiger partial charge on any atom is 0.326 e. The van der Waals surface area contributed by atoms with E-state index in [-0.39, 0.29) is 5.97 Å². The van der Waals surface area contributed by atoms with Crippen molar-refractivity contribution < 1.29 is 9.53 Å². The van der Waals surface area contributed by atoms with Crippen LogP contribution in [-0.4, -0.2) is 50.2 Å². The van der Waals surface area contributed by atoms with Gasteiger partial charge in [-0.05, 0) is 64.1 Å². The minimum atomic E-state index is -0.440. The van der Waals surface area contributed by atoms with Crippen LogP contribution in [0, 0.1) is 11.8 Å². The number of nitrogens with zero attached hydrogens (tertiary/aromatic N) is 1. The van der Waals surface area contributed by atoms with Crippen molar-refractivity contribution in [2.75, 3.05) is 33.8 Å². The SMILES string of the molecule is CCN(CCC1CCCC1(NC)C(=O)OC)CC1CCC1. The highest BCUT2D eigenvalue weighted by atomic mass is 16.5. The molecular formula is C17H32N2O2. The number of carbonyl (C=O) groups is 1. The third kappa shape index (κ3) is 3.59. The van der Waals surface area contributed by atoms with Crippen molar-refractivity contribution in [3.05, 3.63) is 0 Å². The number of ether oxygens (including phenoxy) is 1. The van der Waals surface area contributed by atoms with Crippen LogP contribution < -0.4 is 5.32 Å². The second-order valence-electron chi connectivity index (χ2n) is 6.78. The molecule has 1 N–H and O–H groups in total. The monoisotopic (exact) mass is 296 g/mol. The number of methoxy groups -OCH3 is 1. The Bertz CT molecular complexity index is 344. The van der Waals surface area contributed by atoms with E-state index >= 15 is 0 Å². The normalized spacial score (nSPS) is 29.6. The molecule has 2 aliphatic rings. The van der Waals surface area contributed by atoms with Crippen molar-refractivity contribution >= 4 is 5.97 Å². The summed E-state index contributed by atoms with van der Waals surface area (Å²) in [5.41, 5.74) is -0.440. The van der Waals surface area contributed by atoms with Gasteiger partial charge in [-0.15, -0.1) is 0 Å². The summed E-state index contributed by atoms with van der Waals surface area (Å²) in [7, 11) is 3.41. The molecular weight excluding hydrogens is 264 g/mol. The fourth-order valence-corrected chi connectivity index (χ4v) is 4.11. The van der Waals surface area contributed by atoms with E-state index in [2.05, 4.69) is 17.1 Å². The maximum atomic E-state index is 12.2. The van der Waals surface area contributed by atoms with Gasteiger partial charge in [0.2, 0.25) is 0 Å². The third-order valence-electron chi connectivity index (χ3n) is 5.80. The molecule has 21 heavy (non-hydrogen) atoms. The molecule has 0 amide bonds. The van der Waals surface area contributed by atoms with Crippen molar-refractivity contribution in [1.29, 1.82) is 0 Å². The predicted molar refractivity (Wildman–Crippen MR) is 85.2 cm³/mol. The van der Waals surface area contributed by atoms with E-state index in [1.54, 1.807) is 0 Å². The van der Waals surface area contributed by atoms with Gasteiger partial charge in [0.15, 0.2) is 0 Å². The lowest BCUT2D eigenvalue weighted by molar-refractivity contribution is -0.150. The summed E-state index contributed by atoms with van der Waals surface area (Å²) < 4.78 is 5.07. The molecule has 2 aliphatic carbocycles. The van der Waals surface area contributed by atoms with Crippen molar-refractivity contribution in [3.63, 3.8) is 0 Å². The van der Waals surface area contributed by atoms with Crippen LogP contribution in [0.1, 0.15) is 51.9 Å². The van der Waals surface area contributed by atoms with Gasteiger partial charge in [-0.25, -0.2) is 0 Å². The van der Waals surface area contributed by atoms with E-state index < -0.39 is 5.54 Å². The average Bonchev–Trinajstić information content (AvgIpc) is 2.89. The fraction of sp³-hybridized carbons (Fsp3) is 0.941. The maximum absolute atomic E-state index is 12.2. The van der Waals surface area contributed by atoms with E-state index in [1.807, 2.05) is 7.05 Å². The molecule has 4 heteroatoms. The second-order valence-corrected chi connectivity index (χ2v) is 6.78. The molecule has 122 valence electrons. The topological polar surface area (TPSA) is 41.6 Å². The molecule has 0 spiro atoms. The Morgan fingerprint density at radius 2 is 2.10 bits per heavy atom. The van der Waals surface area contributed by atoms with Gasteiger partial charge in [-0.2, -0.15) is 0 Å². The summed E-state index contributed by atoms with van der Waals surface area (Å²) in [4.78, 5) is 14.8. The zero-order chi connectivity index (χ0) is 15.3. The van der Waals surface area contributed by atoms with Crippen LogP contribution in [0.3, 0.4) is 0 Å². The Labute approximate surface area is 129 Å². The van der Waals surface area contributed by atoms with Crippen LogP contribution in [0.4, 0.5) is 0 Å². The molecule has 2 atom stereocenters. The zero-order valence-electron chi connectivity index (χ0n) is 14.0. The average molecular weight is 296 g/mol. The Balaban J connectivity index is 1.88. The highest BCUT2D eigenvalue weighted by Gasteiger charge is 2.48. The summed E-state index contributed by atoms with van der Waals surface area (Å²) >= 11 is 0. The van der Waals surface area contributed by atoms with Crippen LogP contribution >= 0.6 is 0 Å². The standard InChI is InChI=1S/C17H32N2O2/c1-4-19(13-14-7-5-8-14)12-10-15-9-6-11-17(15,18-2)16(20)21-3/h14-15,18H,4-13H2,1-3H3. The molecule has 0 aromatic carbocycles. The third-order valence-corrected chi connectivity index (χ3v) is 5.80. The van der Waals surface area contributed by atoms with E-state index in [4.69, 9.17) is 4.74 Å². The summed E-state index contributed by atoms with van der Waals surface area (Å²) in [5, 5.41) is 3.29. The van der Waals surface area contributed by atoms with Crippen molar-refractivity contribution in [2.45, 2.75) is 57.4 Å². The number of nitrogens with one attached hydrogen (secondary N) is 1. The van der Waals surface area contributed by atoms with Crippen molar-refractivity contribution in [3.8, 4) is 0 Å². The molecule has 0 aliphatic heterocycles. The Kier molecular flexibility index (Phi) is 6.06. The van der Waals surface area contributed by atoms with Gasteiger partial charge in [0.25, 0.3) is 0 Å². The summed E-state index contributed by atoms with van der Waals surface area (Å²) in [6.45, 7) is 5.72. The molecule has 2 fully saturated rings. The summed E-state index contributed by atoms with van der Waals surface area (Å²) in [6.07, 6.45) is 8.49. The number of hydrogen-bond acceptors (Lipinski definition) is 4. The molecule has 0 heterocycles. The van der Waals surface area contributed by atoms with Crippen molar-refractivity contribution in [1.82, 2.24) is 10.2 Å². The molecule has 0 saturated heterocycles. The van der Waals surface area contributed by atoms with Crippen LogP contribution in [0.15, 0.2) is 0 Å². The van der Waals surface area contributed by atoms with Crippen LogP contribution in [0.5, 0.6) is 0 Å². The second kappa shape index (κ2) is 7.59. The Morgan fingerprint density at radius 1 is 1.33 bits per heavy atom. The number of esters is 1. The van der Waals surface area contributed by atoms with Crippen LogP contribution in [0.2, 0.25) is 0 Å². The molecule has 4 nitrogen and oxygen atoms in total. The smallest absolute Gasteiger partial charge is 0.326 e. The van der Waals surface area contributed by atoms with E-state index in [0.717, 1.165) is 44.7 Å². The van der Waals surface area contributed by atoms with Crippen LogP contribution in [-0.2, 0) is 9.53 Å². The van der Waals surface area contributed by atoms with E-state index in [9.17, 15) is 4.79 Å². The molecule has 2 unspecified atom stereocenters. The molecule has 0 radical (unpaired) electrons.